The molecule has 0 aromatic heterocycles. The second-order valence-corrected chi connectivity index (χ2v) is 5.89. The van der Waals surface area contributed by atoms with Crippen molar-refractivity contribution >= 4 is 17.8 Å². The first-order chi connectivity index (χ1) is 8.69. The Morgan fingerprint density at radius 3 is 2.53 bits per heavy atom. The van der Waals surface area contributed by atoms with Gasteiger partial charge in [-0.2, -0.15) is 0 Å². The summed E-state index contributed by atoms with van der Waals surface area (Å²) in [4.78, 5) is 34.5. The van der Waals surface area contributed by atoms with Crippen LogP contribution in [0.15, 0.2) is 0 Å². The Hall–Kier alpha value is -1.59. The molecule has 0 saturated heterocycles. The van der Waals surface area contributed by atoms with Crippen LogP contribution in [-0.4, -0.2) is 29.4 Å². The Morgan fingerprint density at radius 2 is 2.11 bits per heavy atom. The lowest BCUT2D eigenvalue weighted by Gasteiger charge is -2.23. The molecule has 1 aliphatic rings. The van der Waals surface area contributed by atoms with Crippen molar-refractivity contribution < 1.29 is 19.1 Å². The van der Waals surface area contributed by atoms with E-state index < -0.39 is 23.6 Å². The number of alkyl carbamates (subject to hydrolysis) is 1. The van der Waals surface area contributed by atoms with E-state index in [0.29, 0.717) is 6.42 Å². The molecule has 0 heterocycles. The van der Waals surface area contributed by atoms with Crippen LogP contribution in [0.5, 0.6) is 0 Å². The predicted molar refractivity (Wildman–Crippen MR) is 69.3 cm³/mol. The van der Waals surface area contributed by atoms with Crippen LogP contribution >= 0.6 is 0 Å². The molecule has 6 nitrogen and oxygen atoms in total. The van der Waals surface area contributed by atoms with Crippen LogP contribution in [0.2, 0.25) is 0 Å². The van der Waals surface area contributed by atoms with E-state index in [9.17, 15) is 14.4 Å². The summed E-state index contributed by atoms with van der Waals surface area (Å²) in [6.07, 6.45) is 1.69. The van der Waals surface area contributed by atoms with E-state index in [1.807, 2.05) is 0 Å². The van der Waals surface area contributed by atoms with Crippen LogP contribution in [0.3, 0.4) is 0 Å². The number of carbonyl (C=O) groups excluding carboxylic acids is 3. The smallest absolute Gasteiger partial charge is 0.408 e. The highest BCUT2D eigenvalue weighted by molar-refractivity contribution is 5.87. The number of nitrogens with one attached hydrogen (secondary N) is 1. The fourth-order valence-electron chi connectivity index (χ4n) is 2.12. The fraction of sp³-hybridized carbons (Fsp3) is 0.769. The molecule has 0 radical (unpaired) electrons. The maximum atomic E-state index is 11.6. The second-order valence-electron chi connectivity index (χ2n) is 5.89. The third kappa shape index (κ3) is 5.28. The average molecular weight is 270 g/mol. The minimum atomic E-state index is -0.859. The monoisotopic (exact) mass is 270 g/mol. The molecule has 0 unspecified atom stereocenters. The standard InChI is InChI=1S/C13H22N2O4/c1-13(2,3)19-12(18)15-9(11(14)17)7-8-5-4-6-10(8)16/h8-9H,4-7H2,1-3H3,(H2,14,17)(H,15,18)/t8-,9-/m0/s1. The lowest BCUT2D eigenvalue weighted by atomic mass is 9.97. The average Bonchev–Trinajstić information content (AvgIpc) is 2.60. The van der Waals surface area contributed by atoms with Gasteiger partial charge in [-0.25, -0.2) is 4.79 Å². The molecule has 1 fully saturated rings. The minimum Gasteiger partial charge on any atom is -0.444 e. The first-order valence-corrected chi connectivity index (χ1v) is 6.50. The summed E-state index contributed by atoms with van der Waals surface area (Å²) in [7, 11) is 0. The van der Waals surface area contributed by atoms with E-state index in [1.54, 1.807) is 20.8 Å². The zero-order valence-corrected chi connectivity index (χ0v) is 11.7. The Balaban J connectivity index is 2.56. The summed E-state index contributed by atoms with van der Waals surface area (Å²) >= 11 is 0. The van der Waals surface area contributed by atoms with Gasteiger partial charge in [0.2, 0.25) is 5.91 Å². The number of primary amides is 1. The quantitative estimate of drug-likeness (QED) is 0.799. The van der Waals surface area contributed by atoms with E-state index in [0.717, 1.165) is 12.8 Å². The Labute approximate surface area is 113 Å². The van der Waals surface area contributed by atoms with E-state index in [-0.39, 0.29) is 18.1 Å². The van der Waals surface area contributed by atoms with Crippen molar-refractivity contribution in [2.45, 2.75) is 58.1 Å². The van der Waals surface area contributed by atoms with Gasteiger partial charge < -0.3 is 15.8 Å². The molecule has 1 aliphatic carbocycles. The van der Waals surface area contributed by atoms with Crippen LogP contribution in [-0.2, 0) is 14.3 Å². The summed E-state index contributed by atoms with van der Waals surface area (Å²) in [6.45, 7) is 5.19. The van der Waals surface area contributed by atoms with Crippen LogP contribution in [0.25, 0.3) is 0 Å². The molecule has 19 heavy (non-hydrogen) atoms. The van der Waals surface area contributed by atoms with E-state index >= 15 is 0 Å². The van der Waals surface area contributed by atoms with E-state index in [4.69, 9.17) is 10.5 Å². The maximum Gasteiger partial charge on any atom is 0.408 e. The summed E-state index contributed by atoms with van der Waals surface area (Å²) in [5.74, 6) is -0.699. The highest BCUT2D eigenvalue weighted by Gasteiger charge is 2.31. The summed E-state index contributed by atoms with van der Waals surface area (Å²) < 4.78 is 5.07. The van der Waals surface area contributed by atoms with Gasteiger partial charge in [-0.3, -0.25) is 9.59 Å². The van der Waals surface area contributed by atoms with Crippen LogP contribution in [0.4, 0.5) is 4.79 Å². The zero-order valence-electron chi connectivity index (χ0n) is 11.7. The molecule has 2 atom stereocenters. The molecule has 0 aromatic rings. The summed E-state index contributed by atoms with van der Waals surface area (Å²) in [5.41, 5.74) is 4.61. The van der Waals surface area contributed by atoms with Crippen LogP contribution in [0.1, 0.15) is 46.5 Å². The van der Waals surface area contributed by atoms with Gasteiger partial charge >= 0.3 is 6.09 Å². The number of carbonyl (C=O) groups is 3. The van der Waals surface area contributed by atoms with Gasteiger partial charge in [0.05, 0.1) is 0 Å². The first-order valence-electron chi connectivity index (χ1n) is 6.50. The molecule has 0 aliphatic heterocycles. The molecule has 3 N–H and O–H groups in total. The molecular formula is C13H22N2O4. The molecule has 6 heteroatoms. The largest absolute Gasteiger partial charge is 0.444 e. The second kappa shape index (κ2) is 6.04. The maximum absolute atomic E-state index is 11.6. The SMILES string of the molecule is CC(C)(C)OC(=O)N[C@@H](C[C@@H]1CCCC1=O)C(N)=O. The highest BCUT2D eigenvalue weighted by Crippen LogP contribution is 2.25. The van der Waals surface area contributed by atoms with E-state index in [1.165, 1.54) is 0 Å². The van der Waals surface area contributed by atoms with Gasteiger partial charge in [-0.15, -0.1) is 0 Å². The molecular weight excluding hydrogens is 248 g/mol. The predicted octanol–water partition coefficient (Wildman–Crippen LogP) is 1.12. The normalized spacial score (nSPS) is 21.0. The minimum absolute atomic E-state index is 0.136. The van der Waals surface area contributed by atoms with Gasteiger partial charge in [-0.05, 0) is 40.0 Å². The molecule has 1 rings (SSSR count). The summed E-state index contributed by atoms with van der Waals surface area (Å²) in [5, 5.41) is 2.43. The van der Waals surface area contributed by atoms with Crippen molar-refractivity contribution in [3.05, 3.63) is 0 Å². The van der Waals surface area contributed by atoms with Crippen molar-refractivity contribution in [1.29, 1.82) is 0 Å². The first kappa shape index (κ1) is 15.5. The van der Waals surface area contributed by atoms with Gasteiger partial charge in [0.25, 0.3) is 0 Å². The van der Waals surface area contributed by atoms with Gasteiger partial charge in [0.1, 0.15) is 17.4 Å². The molecule has 0 aromatic carbocycles. The van der Waals surface area contributed by atoms with Crippen molar-refractivity contribution in [2.75, 3.05) is 0 Å². The fourth-order valence-corrected chi connectivity index (χ4v) is 2.12. The molecule has 1 saturated carbocycles. The van der Waals surface area contributed by atoms with Gasteiger partial charge in [0, 0.05) is 12.3 Å². The number of rotatable bonds is 4. The Kier molecular flexibility index (Phi) is 4.91. The number of ether oxygens (including phenoxy) is 1. The number of amides is 2. The number of ketones is 1. The molecule has 0 bridgehead atoms. The topological polar surface area (TPSA) is 98.5 Å². The van der Waals surface area contributed by atoms with Crippen molar-refractivity contribution in [3.8, 4) is 0 Å². The van der Waals surface area contributed by atoms with Crippen molar-refractivity contribution in [1.82, 2.24) is 5.32 Å². The molecule has 0 spiro atoms. The van der Waals surface area contributed by atoms with Crippen LogP contribution in [0, 0.1) is 5.92 Å². The van der Waals surface area contributed by atoms with Crippen LogP contribution < -0.4 is 11.1 Å². The number of hydrogen-bond acceptors (Lipinski definition) is 4. The zero-order chi connectivity index (χ0) is 14.6. The highest BCUT2D eigenvalue weighted by atomic mass is 16.6. The third-order valence-corrected chi connectivity index (χ3v) is 2.99. The van der Waals surface area contributed by atoms with E-state index in [2.05, 4.69) is 5.32 Å². The summed E-state index contributed by atoms with van der Waals surface area (Å²) in [6, 6.07) is -0.859. The lowest BCUT2D eigenvalue weighted by Crippen LogP contribution is -2.47. The number of Topliss-reactive ketones (excluding diaryl/α,β-unsaturated/α-hetero) is 1. The number of nitrogens with two attached hydrogens (primary N) is 1. The Bertz CT molecular complexity index is 373. The Morgan fingerprint density at radius 1 is 1.47 bits per heavy atom. The lowest BCUT2D eigenvalue weighted by molar-refractivity contribution is -0.122. The molecule has 2 amide bonds. The van der Waals surface area contributed by atoms with Gasteiger partial charge in [-0.1, -0.05) is 0 Å². The third-order valence-electron chi connectivity index (χ3n) is 2.99. The molecule has 108 valence electrons. The van der Waals surface area contributed by atoms with Crippen molar-refractivity contribution in [3.63, 3.8) is 0 Å². The number of hydrogen-bond donors (Lipinski definition) is 2. The van der Waals surface area contributed by atoms with Crippen molar-refractivity contribution in [2.24, 2.45) is 11.7 Å². The van der Waals surface area contributed by atoms with Gasteiger partial charge in [0.15, 0.2) is 0 Å².